The predicted octanol–water partition coefficient (Wildman–Crippen LogP) is -0.342. The maximum atomic E-state index is 12.2. The molecule has 1 aliphatic heterocycles. The van der Waals surface area contributed by atoms with Gasteiger partial charge in [0.05, 0.1) is 50.6 Å². The molecule has 0 atom stereocenters. The van der Waals surface area contributed by atoms with E-state index in [-0.39, 0.29) is 11.4 Å². The fourth-order valence-corrected chi connectivity index (χ4v) is 3.39. The van der Waals surface area contributed by atoms with E-state index in [4.69, 9.17) is 4.74 Å². The molecule has 0 saturated carbocycles. The summed E-state index contributed by atoms with van der Waals surface area (Å²) in [6.45, 7) is 15.6. The minimum atomic E-state index is 0.170. The zero-order valence-corrected chi connectivity index (χ0v) is 17.5. The lowest BCUT2D eigenvalue weighted by atomic mass is 10.1. The van der Waals surface area contributed by atoms with Gasteiger partial charge in [0.1, 0.15) is 5.75 Å². The zero-order chi connectivity index (χ0) is 19.7. The summed E-state index contributed by atoms with van der Waals surface area (Å²) < 4.78 is 5.75. The molecule has 0 aliphatic carbocycles. The Kier molecular flexibility index (Phi) is 8.38. The van der Waals surface area contributed by atoms with Gasteiger partial charge in [-0.05, 0) is 39.8 Å². The summed E-state index contributed by atoms with van der Waals surface area (Å²) in [5.74, 6) is 1.12. The first-order valence-electron chi connectivity index (χ1n) is 10.3. The molecule has 6 nitrogen and oxygen atoms in total. The fraction of sp³-hybridized carbons (Fsp3) is 0.667. The van der Waals surface area contributed by atoms with E-state index in [2.05, 4.69) is 48.4 Å². The van der Waals surface area contributed by atoms with E-state index in [9.17, 15) is 4.79 Å². The third-order valence-corrected chi connectivity index (χ3v) is 4.85. The summed E-state index contributed by atoms with van der Waals surface area (Å²) >= 11 is 0. The number of ether oxygens (including phenoxy) is 1. The van der Waals surface area contributed by atoms with Crippen molar-refractivity contribution in [2.45, 2.75) is 39.7 Å². The monoisotopic (exact) mass is 378 g/mol. The standard InChI is InChI=1S/C21H36N4O2/c1-5-27-19-10-7-6-9-18(19)25-15-13-24(14-16-25)17-20(26)22-11-8-12-23-21(2,3)4/h6-7,9-10,23H,5,8,11-17H2,1-4H3,(H,22,26)/p+2. The van der Waals surface area contributed by atoms with Crippen LogP contribution in [0.15, 0.2) is 24.3 Å². The molecule has 27 heavy (non-hydrogen) atoms. The molecule has 0 aromatic heterocycles. The van der Waals surface area contributed by atoms with Gasteiger partial charge in [-0.15, -0.1) is 0 Å². The SMILES string of the molecule is CCOc1ccccc1N1CC[NH+](CC(=O)NCCC[NH2+]C(C)(C)C)CC1. The Morgan fingerprint density at radius 1 is 1.26 bits per heavy atom. The van der Waals surface area contributed by atoms with Gasteiger partial charge in [-0.2, -0.15) is 0 Å². The lowest BCUT2D eigenvalue weighted by molar-refractivity contribution is -0.892. The number of nitrogens with zero attached hydrogens (tertiary/aromatic N) is 1. The molecule has 0 spiro atoms. The topological polar surface area (TPSA) is 62.6 Å². The molecule has 0 unspecified atom stereocenters. The van der Waals surface area contributed by atoms with E-state index in [0.29, 0.717) is 13.2 Å². The molecular formula is C21H38N4O2+2. The molecule has 1 heterocycles. The molecule has 6 heteroatoms. The average Bonchev–Trinajstić information content (AvgIpc) is 2.62. The van der Waals surface area contributed by atoms with Crippen LogP contribution < -0.4 is 25.2 Å². The van der Waals surface area contributed by atoms with Gasteiger partial charge in [-0.25, -0.2) is 0 Å². The van der Waals surface area contributed by atoms with Crippen molar-refractivity contribution in [3.05, 3.63) is 24.3 Å². The van der Waals surface area contributed by atoms with E-state index in [1.165, 1.54) is 4.90 Å². The molecule has 2 rings (SSSR count). The molecule has 1 fully saturated rings. The zero-order valence-electron chi connectivity index (χ0n) is 17.5. The van der Waals surface area contributed by atoms with Gasteiger partial charge in [-0.3, -0.25) is 4.79 Å². The summed E-state index contributed by atoms with van der Waals surface area (Å²) in [5.41, 5.74) is 1.42. The smallest absolute Gasteiger partial charge is 0.275 e. The Bertz CT molecular complexity index is 578. The summed E-state index contributed by atoms with van der Waals surface area (Å²) in [4.78, 5) is 15.9. The predicted molar refractivity (Wildman–Crippen MR) is 110 cm³/mol. The second kappa shape index (κ2) is 10.5. The van der Waals surface area contributed by atoms with Gasteiger partial charge >= 0.3 is 0 Å². The van der Waals surface area contributed by atoms with Crippen LogP contribution in [0.5, 0.6) is 5.75 Å². The van der Waals surface area contributed by atoms with Crippen molar-refractivity contribution < 1.29 is 19.7 Å². The van der Waals surface area contributed by atoms with Crippen molar-refractivity contribution in [2.75, 3.05) is 57.3 Å². The number of amides is 1. The molecule has 0 radical (unpaired) electrons. The minimum absolute atomic E-state index is 0.170. The number of benzene rings is 1. The van der Waals surface area contributed by atoms with Crippen LogP contribution in [0, 0.1) is 0 Å². The summed E-state index contributed by atoms with van der Waals surface area (Å²) in [6, 6.07) is 8.22. The molecule has 1 amide bonds. The Labute approximate surface area is 164 Å². The molecule has 1 aromatic carbocycles. The van der Waals surface area contributed by atoms with Crippen molar-refractivity contribution >= 4 is 11.6 Å². The molecule has 1 aromatic rings. The maximum absolute atomic E-state index is 12.2. The number of carbonyl (C=O) groups excluding carboxylic acids is 1. The lowest BCUT2D eigenvalue weighted by Gasteiger charge is -2.34. The first kappa shape index (κ1) is 21.5. The third-order valence-electron chi connectivity index (χ3n) is 4.85. The van der Waals surface area contributed by atoms with Gasteiger partial charge < -0.3 is 25.2 Å². The van der Waals surface area contributed by atoms with Gasteiger partial charge in [0.25, 0.3) is 5.91 Å². The van der Waals surface area contributed by atoms with Crippen LogP contribution in [0.25, 0.3) is 0 Å². The number of hydrogen-bond donors (Lipinski definition) is 3. The normalized spacial score (nSPS) is 15.6. The Hall–Kier alpha value is -1.79. The van der Waals surface area contributed by atoms with Crippen LogP contribution in [-0.4, -0.2) is 63.9 Å². The second-order valence-electron chi connectivity index (χ2n) is 8.38. The van der Waals surface area contributed by atoms with Crippen molar-refractivity contribution in [3.63, 3.8) is 0 Å². The first-order chi connectivity index (χ1) is 12.9. The number of nitrogens with two attached hydrogens (primary N) is 1. The van der Waals surface area contributed by atoms with Crippen molar-refractivity contribution in [1.29, 1.82) is 0 Å². The summed E-state index contributed by atoms with van der Waals surface area (Å²) in [7, 11) is 0. The first-order valence-corrected chi connectivity index (χ1v) is 10.3. The highest BCUT2D eigenvalue weighted by Crippen LogP contribution is 2.27. The summed E-state index contributed by atoms with van der Waals surface area (Å²) in [5, 5.41) is 5.39. The molecule has 0 bridgehead atoms. The number of nitrogens with one attached hydrogen (secondary N) is 2. The number of rotatable bonds is 9. The van der Waals surface area contributed by atoms with Gasteiger partial charge in [0.2, 0.25) is 0 Å². The average molecular weight is 379 g/mol. The van der Waals surface area contributed by atoms with E-state index >= 15 is 0 Å². The van der Waals surface area contributed by atoms with Crippen LogP contribution in [0.3, 0.4) is 0 Å². The highest BCUT2D eigenvalue weighted by Gasteiger charge is 2.23. The van der Waals surface area contributed by atoms with Crippen LogP contribution >= 0.6 is 0 Å². The van der Waals surface area contributed by atoms with Crippen LogP contribution in [0.1, 0.15) is 34.1 Å². The molecule has 1 aliphatic rings. The maximum Gasteiger partial charge on any atom is 0.275 e. The van der Waals surface area contributed by atoms with Gasteiger partial charge in [-0.1, -0.05) is 12.1 Å². The van der Waals surface area contributed by atoms with E-state index in [1.54, 1.807) is 0 Å². The molecule has 152 valence electrons. The second-order valence-corrected chi connectivity index (χ2v) is 8.38. The number of hydrogen-bond acceptors (Lipinski definition) is 3. The third kappa shape index (κ3) is 7.77. The van der Waals surface area contributed by atoms with E-state index in [1.807, 2.05) is 19.1 Å². The number of quaternary nitrogens is 2. The van der Waals surface area contributed by atoms with Gasteiger partial charge in [0, 0.05) is 13.0 Å². The molecule has 1 saturated heterocycles. The lowest BCUT2D eigenvalue weighted by Crippen LogP contribution is -3.16. The largest absolute Gasteiger partial charge is 0.492 e. The van der Waals surface area contributed by atoms with E-state index < -0.39 is 0 Å². The summed E-state index contributed by atoms with van der Waals surface area (Å²) in [6.07, 6.45) is 1.01. The number of para-hydroxylation sites is 2. The Morgan fingerprint density at radius 3 is 2.63 bits per heavy atom. The quantitative estimate of drug-likeness (QED) is 0.515. The van der Waals surface area contributed by atoms with E-state index in [0.717, 1.165) is 57.1 Å². The molecular weight excluding hydrogens is 340 g/mol. The van der Waals surface area contributed by atoms with Crippen molar-refractivity contribution in [1.82, 2.24) is 5.32 Å². The molecule has 4 N–H and O–H groups in total. The van der Waals surface area contributed by atoms with Crippen molar-refractivity contribution in [2.24, 2.45) is 0 Å². The van der Waals surface area contributed by atoms with Crippen LogP contribution in [0.4, 0.5) is 5.69 Å². The number of anilines is 1. The fourth-order valence-electron chi connectivity index (χ4n) is 3.39. The Morgan fingerprint density at radius 2 is 1.96 bits per heavy atom. The Balaban J connectivity index is 1.68. The van der Waals surface area contributed by atoms with Gasteiger partial charge in [0.15, 0.2) is 6.54 Å². The number of carbonyl (C=O) groups is 1. The number of piperazine rings is 1. The highest BCUT2D eigenvalue weighted by molar-refractivity contribution is 5.76. The van der Waals surface area contributed by atoms with Crippen molar-refractivity contribution in [3.8, 4) is 5.75 Å². The van der Waals surface area contributed by atoms with Crippen LogP contribution in [0.2, 0.25) is 0 Å². The van der Waals surface area contributed by atoms with Crippen LogP contribution in [-0.2, 0) is 4.79 Å². The minimum Gasteiger partial charge on any atom is -0.492 e. The highest BCUT2D eigenvalue weighted by atomic mass is 16.5.